The Balaban J connectivity index is 1.40. The second-order valence-electron chi connectivity index (χ2n) is 7.51. The van der Waals surface area contributed by atoms with E-state index in [0.29, 0.717) is 22.4 Å². The number of thiophene rings is 1. The lowest BCUT2D eigenvalue weighted by molar-refractivity contribution is -0.0445. The molecule has 2 N–H and O–H groups in total. The molecule has 0 spiro atoms. The maximum atomic E-state index is 13.5. The zero-order valence-corrected chi connectivity index (χ0v) is 18.4. The van der Waals surface area contributed by atoms with E-state index >= 15 is 0 Å². The van der Waals surface area contributed by atoms with Gasteiger partial charge in [0.05, 0.1) is 31.8 Å². The summed E-state index contributed by atoms with van der Waals surface area (Å²) in [5.41, 5.74) is 0.995. The molecular weight excluding hydrogens is 437 g/mol. The third-order valence-electron chi connectivity index (χ3n) is 5.24. The Morgan fingerprint density at radius 3 is 3.06 bits per heavy atom. The molecule has 8 nitrogen and oxygen atoms in total. The summed E-state index contributed by atoms with van der Waals surface area (Å²) in [7, 11) is 1.37. The maximum absolute atomic E-state index is 13.5. The highest BCUT2D eigenvalue weighted by molar-refractivity contribution is 7.16. The van der Waals surface area contributed by atoms with Crippen molar-refractivity contribution >= 4 is 27.5 Å². The van der Waals surface area contributed by atoms with E-state index in [1.54, 1.807) is 6.07 Å². The van der Waals surface area contributed by atoms with Gasteiger partial charge in [-0.1, -0.05) is 6.07 Å². The number of ether oxygens (including phenoxy) is 3. The molecule has 2 aromatic heterocycles. The zero-order valence-electron chi connectivity index (χ0n) is 17.6. The number of nitrogens with zero attached hydrogens (tertiary/aromatic N) is 1. The first kappa shape index (κ1) is 22.4. The number of halogens is 1. The fourth-order valence-electron chi connectivity index (χ4n) is 3.54. The van der Waals surface area contributed by atoms with Crippen molar-refractivity contribution in [1.82, 2.24) is 15.3 Å². The number of nitrogens with one attached hydrogen (secondary N) is 2. The molecule has 0 saturated carbocycles. The monoisotopic (exact) mass is 461 g/mol. The van der Waals surface area contributed by atoms with E-state index in [1.807, 2.05) is 5.38 Å². The van der Waals surface area contributed by atoms with E-state index < -0.39 is 17.3 Å². The Morgan fingerprint density at radius 1 is 1.41 bits per heavy atom. The van der Waals surface area contributed by atoms with Gasteiger partial charge in [0, 0.05) is 18.7 Å². The topological polar surface area (TPSA) is 103 Å². The fraction of sp³-hybridized carbons (Fsp3) is 0.409. The van der Waals surface area contributed by atoms with Crippen LogP contribution in [-0.2, 0) is 22.6 Å². The lowest BCUT2D eigenvalue weighted by Crippen LogP contribution is -2.27. The van der Waals surface area contributed by atoms with Crippen LogP contribution in [0.5, 0.6) is 5.75 Å². The molecule has 3 aromatic rings. The molecule has 1 atom stereocenters. The van der Waals surface area contributed by atoms with Crippen molar-refractivity contribution in [2.24, 2.45) is 0 Å². The number of carbonyl (C=O) groups is 1. The summed E-state index contributed by atoms with van der Waals surface area (Å²) >= 11 is 1.29. The van der Waals surface area contributed by atoms with Gasteiger partial charge >= 0.3 is 0 Å². The van der Waals surface area contributed by atoms with Crippen LogP contribution in [-0.4, -0.2) is 42.3 Å². The molecule has 1 unspecified atom stereocenters. The second kappa shape index (κ2) is 10.2. The predicted octanol–water partition coefficient (Wildman–Crippen LogP) is 3.15. The molecule has 1 amide bonds. The number of aromatic nitrogens is 2. The van der Waals surface area contributed by atoms with Crippen molar-refractivity contribution in [2.75, 3.05) is 20.3 Å². The lowest BCUT2D eigenvalue weighted by atomic mass is 10.1. The first-order chi connectivity index (χ1) is 15.5. The molecule has 1 aliphatic rings. The molecule has 3 heterocycles. The molecule has 1 aliphatic heterocycles. The number of hydrogen-bond acceptors (Lipinski definition) is 7. The minimum atomic E-state index is -0.534. The smallest absolute Gasteiger partial charge is 0.287 e. The van der Waals surface area contributed by atoms with Gasteiger partial charge in [0.25, 0.3) is 11.5 Å². The number of H-pyrrole nitrogens is 1. The number of amides is 1. The molecule has 10 heteroatoms. The van der Waals surface area contributed by atoms with Crippen molar-refractivity contribution in [3.8, 4) is 5.75 Å². The maximum Gasteiger partial charge on any atom is 0.287 e. The lowest BCUT2D eigenvalue weighted by Gasteiger charge is -2.22. The average Bonchev–Trinajstić information content (AvgIpc) is 3.22. The summed E-state index contributed by atoms with van der Waals surface area (Å²) in [6.45, 7) is 1.66. The predicted molar refractivity (Wildman–Crippen MR) is 118 cm³/mol. The quantitative estimate of drug-likeness (QED) is 0.534. The van der Waals surface area contributed by atoms with Crippen molar-refractivity contribution in [3.05, 3.63) is 56.7 Å². The Labute approximate surface area is 187 Å². The summed E-state index contributed by atoms with van der Waals surface area (Å²) in [6.07, 6.45) is 3.30. The normalized spacial score (nSPS) is 16.2. The van der Waals surface area contributed by atoms with Crippen LogP contribution in [0.25, 0.3) is 10.2 Å². The molecule has 1 saturated heterocycles. The fourth-order valence-corrected chi connectivity index (χ4v) is 4.47. The molecule has 0 bridgehead atoms. The van der Waals surface area contributed by atoms with Gasteiger partial charge in [0.15, 0.2) is 11.6 Å². The van der Waals surface area contributed by atoms with Gasteiger partial charge in [-0.15, -0.1) is 11.3 Å². The molecule has 1 aromatic carbocycles. The van der Waals surface area contributed by atoms with Crippen LogP contribution in [0.2, 0.25) is 0 Å². The van der Waals surface area contributed by atoms with Crippen molar-refractivity contribution < 1.29 is 23.4 Å². The van der Waals surface area contributed by atoms with E-state index in [-0.39, 0.29) is 30.8 Å². The Kier molecular flexibility index (Phi) is 7.13. The Hall–Kier alpha value is -2.82. The van der Waals surface area contributed by atoms with E-state index in [1.165, 1.54) is 30.6 Å². The standard InChI is InChI=1S/C22H24FN3O5S/c1-29-17-8-13(5-6-16(17)23)9-24-21(28)19-25-20(27)18-14(12-32-22(18)26-19)10-30-11-15-4-2-3-7-31-15/h5-6,8,12,15H,2-4,7,9-11H2,1H3,(H,24,28)(H,25,26,27). The Bertz CT molecular complexity index is 1160. The van der Waals surface area contributed by atoms with Crippen molar-refractivity contribution in [2.45, 2.75) is 38.5 Å². The molecule has 0 radical (unpaired) electrons. The number of fused-ring (bicyclic) bond motifs is 1. The largest absolute Gasteiger partial charge is 0.494 e. The number of rotatable bonds is 8. The first-order valence-corrected chi connectivity index (χ1v) is 11.2. The first-order valence-electron chi connectivity index (χ1n) is 10.4. The summed E-state index contributed by atoms with van der Waals surface area (Å²) in [6, 6.07) is 4.31. The van der Waals surface area contributed by atoms with Gasteiger partial charge < -0.3 is 24.5 Å². The van der Waals surface area contributed by atoms with Crippen LogP contribution in [0.3, 0.4) is 0 Å². The van der Waals surface area contributed by atoms with Gasteiger partial charge in [0.2, 0.25) is 5.82 Å². The third-order valence-corrected chi connectivity index (χ3v) is 6.16. The van der Waals surface area contributed by atoms with E-state index in [4.69, 9.17) is 14.2 Å². The van der Waals surface area contributed by atoms with Gasteiger partial charge in [0.1, 0.15) is 4.83 Å². The zero-order chi connectivity index (χ0) is 22.5. The third kappa shape index (κ3) is 5.14. The van der Waals surface area contributed by atoms with Gasteiger partial charge in [-0.3, -0.25) is 9.59 Å². The summed E-state index contributed by atoms with van der Waals surface area (Å²) < 4.78 is 29.9. The highest BCUT2D eigenvalue weighted by atomic mass is 32.1. The van der Waals surface area contributed by atoms with Gasteiger partial charge in [-0.05, 0) is 42.3 Å². The van der Waals surface area contributed by atoms with Crippen molar-refractivity contribution in [3.63, 3.8) is 0 Å². The molecule has 170 valence electrons. The number of benzene rings is 1. The molecule has 4 rings (SSSR count). The van der Waals surface area contributed by atoms with E-state index in [9.17, 15) is 14.0 Å². The molecule has 0 aliphatic carbocycles. The van der Waals surface area contributed by atoms with Gasteiger partial charge in [-0.2, -0.15) is 0 Å². The number of methoxy groups -OCH3 is 1. The van der Waals surface area contributed by atoms with Crippen LogP contribution in [0.4, 0.5) is 4.39 Å². The summed E-state index contributed by atoms with van der Waals surface area (Å²) in [5.74, 6) is -1.01. The van der Waals surface area contributed by atoms with E-state index in [0.717, 1.165) is 31.4 Å². The number of aromatic amines is 1. The van der Waals surface area contributed by atoms with Crippen LogP contribution >= 0.6 is 11.3 Å². The minimum Gasteiger partial charge on any atom is -0.494 e. The molecule has 32 heavy (non-hydrogen) atoms. The van der Waals surface area contributed by atoms with Crippen LogP contribution in [0, 0.1) is 5.82 Å². The summed E-state index contributed by atoms with van der Waals surface area (Å²) in [5, 5.41) is 4.92. The average molecular weight is 462 g/mol. The molecule has 1 fully saturated rings. The second-order valence-corrected chi connectivity index (χ2v) is 8.37. The summed E-state index contributed by atoms with van der Waals surface area (Å²) in [4.78, 5) is 32.5. The number of hydrogen-bond donors (Lipinski definition) is 2. The van der Waals surface area contributed by atoms with Crippen LogP contribution in [0.15, 0.2) is 28.4 Å². The van der Waals surface area contributed by atoms with Crippen molar-refractivity contribution in [1.29, 1.82) is 0 Å². The molecular formula is C22H24FN3O5S. The number of carbonyl (C=O) groups excluding carboxylic acids is 1. The van der Waals surface area contributed by atoms with Gasteiger partial charge in [-0.25, -0.2) is 9.37 Å². The van der Waals surface area contributed by atoms with Crippen LogP contribution < -0.4 is 15.6 Å². The highest BCUT2D eigenvalue weighted by Gasteiger charge is 2.17. The highest BCUT2D eigenvalue weighted by Crippen LogP contribution is 2.23. The van der Waals surface area contributed by atoms with Crippen LogP contribution in [0.1, 0.15) is 41.0 Å². The van der Waals surface area contributed by atoms with E-state index in [2.05, 4.69) is 15.3 Å². The Morgan fingerprint density at radius 2 is 2.28 bits per heavy atom. The SMILES string of the molecule is COc1cc(CNC(=O)c2nc3scc(COCC4CCCCO4)c3c(=O)[nH]2)ccc1F. The minimum absolute atomic E-state index is 0.0819.